The van der Waals surface area contributed by atoms with Gasteiger partial charge in [-0.2, -0.15) is 13.2 Å². The highest BCUT2D eigenvalue weighted by atomic mass is 19.4. The minimum atomic E-state index is -4.38. The minimum absolute atomic E-state index is 0.121. The van der Waals surface area contributed by atoms with Gasteiger partial charge in [-0.1, -0.05) is 0 Å². The largest absolute Gasteiger partial charge is 0.480 e. The van der Waals surface area contributed by atoms with Gasteiger partial charge in [-0.15, -0.1) is 0 Å². The predicted molar refractivity (Wildman–Crippen MR) is 53.7 cm³/mol. The molecule has 1 heterocycles. The fourth-order valence-electron chi connectivity index (χ4n) is 2.10. The Morgan fingerprint density at radius 3 is 2.59 bits per heavy atom. The van der Waals surface area contributed by atoms with Crippen LogP contribution in [-0.4, -0.2) is 55.0 Å². The molecular formula is C10H16F3NO3. The zero-order chi connectivity index (χ0) is 13.3. The predicted octanol–water partition coefficient (Wildman–Crippen LogP) is 1.36. The second kappa shape index (κ2) is 4.81. The zero-order valence-corrected chi connectivity index (χ0v) is 9.75. The lowest BCUT2D eigenvalue weighted by atomic mass is 9.87. The first-order valence-corrected chi connectivity index (χ1v) is 5.26. The molecule has 7 heteroatoms. The second-order valence-corrected chi connectivity index (χ2v) is 4.45. The smallest absolute Gasteiger partial charge is 0.397 e. The first-order valence-electron chi connectivity index (χ1n) is 5.26. The van der Waals surface area contributed by atoms with E-state index in [1.54, 1.807) is 0 Å². The molecule has 2 atom stereocenters. The molecule has 1 rings (SSSR count). The molecule has 0 aromatic heterocycles. The van der Waals surface area contributed by atoms with Crippen LogP contribution in [0.25, 0.3) is 0 Å². The van der Waals surface area contributed by atoms with Crippen LogP contribution in [0.2, 0.25) is 0 Å². The molecule has 0 saturated carbocycles. The average molecular weight is 255 g/mol. The Hall–Kier alpha value is -0.820. The van der Waals surface area contributed by atoms with E-state index in [1.165, 1.54) is 18.9 Å². The highest BCUT2D eigenvalue weighted by molar-refractivity contribution is 5.72. The molecule has 0 radical (unpaired) electrons. The van der Waals surface area contributed by atoms with Gasteiger partial charge in [0.15, 0.2) is 0 Å². The fraction of sp³-hybridized carbons (Fsp3) is 0.900. The number of methoxy groups -OCH3 is 1. The number of carboxylic acid groups (broad SMARTS) is 1. The van der Waals surface area contributed by atoms with Crippen LogP contribution in [0.5, 0.6) is 0 Å². The van der Waals surface area contributed by atoms with Gasteiger partial charge in [-0.05, 0) is 13.3 Å². The summed E-state index contributed by atoms with van der Waals surface area (Å²) in [6.07, 6.45) is -4.50. The maximum absolute atomic E-state index is 13.0. The average Bonchev–Trinajstić information content (AvgIpc) is 2.62. The molecule has 100 valence electrons. The van der Waals surface area contributed by atoms with Crippen molar-refractivity contribution in [3.05, 3.63) is 0 Å². The molecule has 1 fully saturated rings. The number of hydrogen-bond acceptors (Lipinski definition) is 3. The van der Waals surface area contributed by atoms with Gasteiger partial charge in [0, 0.05) is 20.2 Å². The summed E-state index contributed by atoms with van der Waals surface area (Å²) < 4.78 is 43.6. The van der Waals surface area contributed by atoms with E-state index in [1.807, 2.05) is 0 Å². The van der Waals surface area contributed by atoms with Gasteiger partial charge in [0.2, 0.25) is 0 Å². The van der Waals surface area contributed by atoms with Crippen molar-refractivity contribution in [3.8, 4) is 0 Å². The molecule has 0 amide bonds. The third kappa shape index (κ3) is 2.71. The number of rotatable bonds is 4. The second-order valence-electron chi connectivity index (χ2n) is 4.45. The monoisotopic (exact) mass is 255 g/mol. The van der Waals surface area contributed by atoms with Gasteiger partial charge >= 0.3 is 12.1 Å². The maximum atomic E-state index is 13.0. The van der Waals surface area contributed by atoms with Crippen molar-refractivity contribution in [2.75, 3.05) is 26.8 Å². The van der Waals surface area contributed by atoms with Gasteiger partial charge in [0.1, 0.15) is 11.5 Å². The van der Waals surface area contributed by atoms with Crippen molar-refractivity contribution in [2.45, 2.75) is 25.6 Å². The van der Waals surface area contributed by atoms with E-state index >= 15 is 0 Å². The number of likely N-dealkylation sites (tertiary alicyclic amines) is 1. The van der Waals surface area contributed by atoms with Crippen LogP contribution in [0.1, 0.15) is 13.3 Å². The van der Waals surface area contributed by atoms with Crippen LogP contribution in [-0.2, 0) is 9.53 Å². The van der Waals surface area contributed by atoms with Crippen LogP contribution in [0.15, 0.2) is 0 Å². The van der Waals surface area contributed by atoms with Crippen molar-refractivity contribution in [3.63, 3.8) is 0 Å². The van der Waals surface area contributed by atoms with E-state index < -0.39 is 30.2 Å². The summed E-state index contributed by atoms with van der Waals surface area (Å²) in [7, 11) is 1.22. The van der Waals surface area contributed by atoms with Crippen molar-refractivity contribution < 1.29 is 27.8 Å². The Balaban J connectivity index is 2.82. The number of ether oxygens (including phenoxy) is 1. The van der Waals surface area contributed by atoms with Crippen LogP contribution >= 0.6 is 0 Å². The van der Waals surface area contributed by atoms with Crippen LogP contribution in [0.3, 0.4) is 0 Å². The Labute approximate surface area is 97.3 Å². The standard InChI is InChI=1S/C10H16F3NO3/c1-7(8(15)16)14-4-3-9(5-14,6-17-2)10(11,12)13/h7H,3-6H2,1-2H3,(H,15,16). The summed E-state index contributed by atoms with van der Waals surface area (Å²) in [5.41, 5.74) is -1.94. The minimum Gasteiger partial charge on any atom is -0.480 e. The summed E-state index contributed by atoms with van der Waals surface area (Å²) in [6, 6.07) is -0.906. The Bertz CT molecular complexity index is 295. The molecule has 1 aliphatic rings. The highest BCUT2D eigenvalue weighted by Gasteiger charge is 2.58. The van der Waals surface area contributed by atoms with Crippen molar-refractivity contribution in [1.82, 2.24) is 4.90 Å². The number of aliphatic carboxylic acids is 1. The van der Waals surface area contributed by atoms with E-state index in [2.05, 4.69) is 4.74 Å². The Morgan fingerprint density at radius 2 is 2.18 bits per heavy atom. The molecule has 17 heavy (non-hydrogen) atoms. The van der Waals surface area contributed by atoms with E-state index in [0.717, 1.165) is 0 Å². The summed E-state index contributed by atoms with van der Waals surface area (Å²) >= 11 is 0. The van der Waals surface area contributed by atoms with E-state index in [9.17, 15) is 18.0 Å². The molecule has 0 bridgehead atoms. The Morgan fingerprint density at radius 1 is 1.59 bits per heavy atom. The summed E-state index contributed by atoms with van der Waals surface area (Å²) in [5, 5.41) is 8.79. The first-order chi connectivity index (χ1) is 7.73. The SMILES string of the molecule is COCC1(C(F)(F)F)CCN(C(C)C(=O)O)C1. The lowest BCUT2D eigenvalue weighted by Crippen LogP contribution is -2.46. The van der Waals surface area contributed by atoms with Crippen molar-refractivity contribution in [1.29, 1.82) is 0 Å². The molecule has 1 N–H and O–H groups in total. The van der Waals surface area contributed by atoms with Gasteiger partial charge in [0.05, 0.1) is 6.61 Å². The normalized spacial score (nSPS) is 28.3. The number of carboxylic acids is 1. The lowest BCUT2D eigenvalue weighted by Gasteiger charge is -2.31. The molecular weight excluding hydrogens is 239 g/mol. The fourth-order valence-corrected chi connectivity index (χ4v) is 2.10. The summed E-state index contributed by atoms with van der Waals surface area (Å²) in [6.45, 7) is 0.759. The van der Waals surface area contributed by atoms with E-state index in [-0.39, 0.29) is 19.5 Å². The number of hydrogen-bond donors (Lipinski definition) is 1. The van der Waals surface area contributed by atoms with E-state index in [4.69, 9.17) is 5.11 Å². The third-order valence-corrected chi connectivity index (χ3v) is 3.31. The van der Waals surface area contributed by atoms with E-state index in [0.29, 0.717) is 0 Å². The number of halogens is 3. The highest BCUT2D eigenvalue weighted by Crippen LogP contribution is 2.46. The molecule has 0 spiro atoms. The molecule has 2 unspecified atom stereocenters. The molecule has 0 aromatic rings. The number of alkyl halides is 3. The topological polar surface area (TPSA) is 49.8 Å². The van der Waals surface area contributed by atoms with Crippen molar-refractivity contribution >= 4 is 5.97 Å². The third-order valence-electron chi connectivity index (χ3n) is 3.31. The lowest BCUT2D eigenvalue weighted by molar-refractivity contribution is -0.233. The van der Waals surface area contributed by atoms with Gasteiger partial charge in [-0.3, -0.25) is 9.69 Å². The van der Waals surface area contributed by atoms with Crippen LogP contribution in [0, 0.1) is 5.41 Å². The van der Waals surface area contributed by atoms with Crippen LogP contribution in [0.4, 0.5) is 13.2 Å². The van der Waals surface area contributed by atoms with Gasteiger partial charge < -0.3 is 9.84 Å². The molecule has 0 aliphatic carbocycles. The molecule has 0 aromatic carbocycles. The molecule has 1 aliphatic heterocycles. The van der Waals surface area contributed by atoms with Gasteiger partial charge in [-0.25, -0.2) is 0 Å². The van der Waals surface area contributed by atoms with Crippen molar-refractivity contribution in [2.24, 2.45) is 5.41 Å². The number of nitrogens with zero attached hydrogens (tertiary/aromatic N) is 1. The summed E-state index contributed by atoms with van der Waals surface area (Å²) in [5.74, 6) is -1.11. The maximum Gasteiger partial charge on any atom is 0.397 e. The van der Waals surface area contributed by atoms with Gasteiger partial charge in [0.25, 0.3) is 0 Å². The zero-order valence-electron chi connectivity index (χ0n) is 9.75. The quantitative estimate of drug-likeness (QED) is 0.824. The number of carbonyl (C=O) groups is 1. The Kier molecular flexibility index (Phi) is 4.03. The van der Waals surface area contributed by atoms with Crippen LogP contribution < -0.4 is 0 Å². The molecule has 1 saturated heterocycles. The molecule has 4 nitrogen and oxygen atoms in total. The first kappa shape index (κ1) is 14.2. The summed E-state index contributed by atoms with van der Waals surface area (Å²) in [4.78, 5) is 12.1.